The molecular weight excluding hydrogens is 188 g/mol. The van der Waals surface area contributed by atoms with Crippen LogP contribution < -0.4 is 0 Å². The fourth-order valence-electron chi connectivity index (χ4n) is 1.29. The van der Waals surface area contributed by atoms with Crippen molar-refractivity contribution in [2.75, 3.05) is 20.0 Å². The molecule has 2 nitrogen and oxygen atoms in total. The molecule has 0 radical (unpaired) electrons. The van der Waals surface area contributed by atoms with Gasteiger partial charge in [-0.25, -0.2) is 0 Å². The highest BCUT2D eigenvalue weighted by Crippen LogP contribution is 2.04. The van der Waals surface area contributed by atoms with Gasteiger partial charge < -0.3 is 9.47 Å². The first kappa shape index (κ1) is 14.5. The van der Waals surface area contributed by atoms with Crippen LogP contribution in [0.3, 0.4) is 0 Å². The molecule has 0 aliphatic rings. The summed E-state index contributed by atoms with van der Waals surface area (Å²) in [5, 5.41) is 0. The first-order valence-electron chi connectivity index (χ1n) is 6.00. The van der Waals surface area contributed by atoms with Gasteiger partial charge in [-0.3, -0.25) is 0 Å². The van der Waals surface area contributed by atoms with E-state index >= 15 is 0 Å². The first-order valence-corrected chi connectivity index (χ1v) is 6.00. The van der Waals surface area contributed by atoms with Crippen LogP contribution in [0, 0.1) is 12.3 Å². The van der Waals surface area contributed by atoms with Gasteiger partial charge in [-0.1, -0.05) is 39.0 Å². The summed E-state index contributed by atoms with van der Waals surface area (Å²) in [7, 11) is 0. The van der Waals surface area contributed by atoms with Crippen LogP contribution in [0.1, 0.15) is 51.9 Å². The molecule has 0 amide bonds. The zero-order valence-electron chi connectivity index (χ0n) is 9.96. The van der Waals surface area contributed by atoms with E-state index in [9.17, 15) is 0 Å². The molecule has 0 atom stereocenters. The lowest BCUT2D eigenvalue weighted by Crippen LogP contribution is -2.02. The van der Waals surface area contributed by atoms with Gasteiger partial charge in [0, 0.05) is 13.0 Å². The van der Waals surface area contributed by atoms with Crippen LogP contribution in [0.4, 0.5) is 0 Å². The maximum Gasteiger partial charge on any atom is 0.146 e. The van der Waals surface area contributed by atoms with E-state index < -0.39 is 0 Å². The lowest BCUT2D eigenvalue weighted by molar-refractivity contribution is -0.0527. The highest BCUT2D eigenvalue weighted by atomic mass is 16.7. The average Bonchev–Trinajstić information content (AvgIpc) is 2.26. The summed E-state index contributed by atoms with van der Waals surface area (Å²) in [5.74, 6) is 2.52. The maximum absolute atomic E-state index is 5.30. The molecule has 0 fully saturated rings. The molecule has 0 aromatic heterocycles. The quantitative estimate of drug-likeness (QED) is 0.297. The van der Waals surface area contributed by atoms with E-state index in [1.165, 1.54) is 32.1 Å². The predicted octanol–water partition coefficient (Wildman–Crippen LogP) is 3.36. The normalized spacial score (nSPS) is 10.1. The topological polar surface area (TPSA) is 18.5 Å². The highest BCUT2D eigenvalue weighted by molar-refractivity contribution is 4.82. The van der Waals surface area contributed by atoms with Crippen molar-refractivity contribution in [3.05, 3.63) is 0 Å². The van der Waals surface area contributed by atoms with E-state index in [4.69, 9.17) is 15.9 Å². The Kier molecular flexibility index (Phi) is 13.0. The van der Waals surface area contributed by atoms with Crippen molar-refractivity contribution >= 4 is 0 Å². The van der Waals surface area contributed by atoms with Crippen molar-refractivity contribution in [3.8, 4) is 12.3 Å². The summed E-state index contributed by atoms with van der Waals surface area (Å²) in [6.07, 6.45) is 13.5. The molecule has 0 aromatic carbocycles. The Hall–Kier alpha value is -0.520. The van der Waals surface area contributed by atoms with Gasteiger partial charge in [-0.2, -0.15) is 0 Å². The lowest BCUT2D eigenvalue weighted by atomic mass is 10.1. The van der Waals surface area contributed by atoms with Gasteiger partial charge >= 0.3 is 0 Å². The van der Waals surface area contributed by atoms with Crippen LogP contribution in [-0.4, -0.2) is 20.0 Å². The molecule has 0 saturated heterocycles. The number of hydrogen-bond donors (Lipinski definition) is 0. The average molecular weight is 212 g/mol. The van der Waals surface area contributed by atoms with Gasteiger partial charge in [-0.15, -0.1) is 12.3 Å². The molecule has 0 aliphatic carbocycles. The van der Waals surface area contributed by atoms with Crippen molar-refractivity contribution in [3.63, 3.8) is 0 Å². The minimum Gasteiger partial charge on any atom is -0.355 e. The largest absolute Gasteiger partial charge is 0.355 e. The maximum atomic E-state index is 5.30. The zero-order valence-corrected chi connectivity index (χ0v) is 9.96. The van der Waals surface area contributed by atoms with Crippen LogP contribution in [0.2, 0.25) is 0 Å². The second kappa shape index (κ2) is 13.5. The van der Waals surface area contributed by atoms with Gasteiger partial charge in [0.2, 0.25) is 0 Å². The first-order chi connectivity index (χ1) is 7.41. The Balaban J connectivity index is 2.84. The Morgan fingerprint density at radius 2 is 1.60 bits per heavy atom. The molecule has 0 aliphatic heterocycles. The van der Waals surface area contributed by atoms with Gasteiger partial charge in [0.05, 0.1) is 6.61 Å². The van der Waals surface area contributed by atoms with Crippen molar-refractivity contribution < 1.29 is 9.47 Å². The Bertz CT molecular complexity index is 149. The van der Waals surface area contributed by atoms with Crippen LogP contribution in [-0.2, 0) is 9.47 Å². The number of hydrogen-bond acceptors (Lipinski definition) is 2. The third-order valence-electron chi connectivity index (χ3n) is 2.20. The summed E-state index contributed by atoms with van der Waals surface area (Å²) in [6.45, 7) is 4.03. The fraction of sp³-hybridized carbons (Fsp3) is 0.846. The number of rotatable bonds is 11. The van der Waals surface area contributed by atoms with Crippen LogP contribution >= 0.6 is 0 Å². The summed E-state index contributed by atoms with van der Waals surface area (Å²) < 4.78 is 10.5. The Labute approximate surface area is 94.3 Å². The molecule has 2 heteroatoms. The molecular formula is C13H24O2. The molecule has 0 N–H and O–H groups in total. The third kappa shape index (κ3) is 13.5. The SMILES string of the molecule is C#CCCOCOCCCCCCCC. The molecule has 0 heterocycles. The smallest absolute Gasteiger partial charge is 0.146 e. The summed E-state index contributed by atoms with van der Waals surface area (Å²) in [6, 6.07) is 0. The molecule has 0 bridgehead atoms. The summed E-state index contributed by atoms with van der Waals surface area (Å²) in [5.41, 5.74) is 0. The van der Waals surface area contributed by atoms with E-state index in [0.29, 0.717) is 19.8 Å². The minimum absolute atomic E-state index is 0.386. The molecule has 0 unspecified atom stereocenters. The van der Waals surface area contributed by atoms with Gasteiger partial charge in [0.15, 0.2) is 0 Å². The van der Waals surface area contributed by atoms with Crippen molar-refractivity contribution in [2.45, 2.75) is 51.9 Å². The van der Waals surface area contributed by atoms with E-state index in [0.717, 1.165) is 13.0 Å². The summed E-state index contributed by atoms with van der Waals surface area (Å²) >= 11 is 0. The highest BCUT2D eigenvalue weighted by Gasteiger charge is 1.91. The molecule has 88 valence electrons. The predicted molar refractivity (Wildman–Crippen MR) is 63.6 cm³/mol. The Morgan fingerprint density at radius 3 is 2.33 bits per heavy atom. The lowest BCUT2D eigenvalue weighted by Gasteiger charge is -2.04. The standard InChI is InChI=1S/C13H24O2/c1-3-5-7-8-9-10-12-15-13-14-11-6-4-2/h2H,3,5-13H2,1H3. The summed E-state index contributed by atoms with van der Waals surface area (Å²) in [4.78, 5) is 0. The van der Waals surface area contributed by atoms with Gasteiger partial charge in [0.25, 0.3) is 0 Å². The van der Waals surface area contributed by atoms with Crippen LogP contribution in [0.15, 0.2) is 0 Å². The molecule has 0 spiro atoms. The monoisotopic (exact) mass is 212 g/mol. The molecule has 0 aromatic rings. The second-order valence-corrected chi connectivity index (χ2v) is 3.66. The van der Waals surface area contributed by atoms with Crippen molar-refractivity contribution in [1.29, 1.82) is 0 Å². The van der Waals surface area contributed by atoms with Gasteiger partial charge in [-0.05, 0) is 6.42 Å². The zero-order chi connectivity index (χ0) is 11.2. The second-order valence-electron chi connectivity index (χ2n) is 3.66. The minimum atomic E-state index is 0.386. The third-order valence-corrected chi connectivity index (χ3v) is 2.20. The number of unbranched alkanes of at least 4 members (excludes halogenated alkanes) is 5. The van der Waals surface area contributed by atoms with Crippen molar-refractivity contribution in [2.24, 2.45) is 0 Å². The van der Waals surface area contributed by atoms with Crippen molar-refractivity contribution in [1.82, 2.24) is 0 Å². The van der Waals surface area contributed by atoms with Crippen LogP contribution in [0.25, 0.3) is 0 Å². The molecule has 0 saturated carbocycles. The van der Waals surface area contributed by atoms with E-state index in [2.05, 4.69) is 12.8 Å². The fourth-order valence-corrected chi connectivity index (χ4v) is 1.29. The molecule has 15 heavy (non-hydrogen) atoms. The number of terminal acetylenes is 1. The van der Waals surface area contributed by atoms with E-state index in [1.54, 1.807) is 0 Å². The van der Waals surface area contributed by atoms with E-state index in [1.807, 2.05) is 0 Å². The van der Waals surface area contributed by atoms with Gasteiger partial charge in [0.1, 0.15) is 6.79 Å². The number of ether oxygens (including phenoxy) is 2. The van der Waals surface area contributed by atoms with Crippen LogP contribution in [0.5, 0.6) is 0 Å². The van der Waals surface area contributed by atoms with E-state index in [-0.39, 0.29) is 0 Å². The molecule has 0 rings (SSSR count). The Morgan fingerprint density at radius 1 is 0.933 bits per heavy atom.